The molecule has 7 heteroatoms. The third-order valence-corrected chi connectivity index (χ3v) is 4.57. The Morgan fingerprint density at radius 3 is 2.79 bits per heavy atom. The van der Waals surface area contributed by atoms with Crippen LogP contribution in [-0.4, -0.2) is 69.3 Å². The van der Waals surface area contributed by atoms with Crippen molar-refractivity contribution in [2.24, 2.45) is 4.99 Å². The van der Waals surface area contributed by atoms with Gasteiger partial charge in [-0.1, -0.05) is 18.2 Å². The van der Waals surface area contributed by atoms with Crippen LogP contribution in [0.5, 0.6) is 0 Å². The summed E-state index contributed by atoms with van der Waals surface area (Å²) in [6.45, 7) is 7.53. The minimum absolute atomic E-state index is 0. The summed E-state index contributed by atoms with van der Waals surface area (Å²) < 4.78 is 5.10. The molecule has 1 aromatic carbocycles. The van der Waals surface area contributed by atoms with Gasteiger partial charge in [0.15, 0.2) is 5.96 Å². The molecule has 3 N–H and O–H groups in total. The molecule has 6 nitrogen and oxygen atoms in total. The number of halogens is 1. The van der Waals surface area contributed by atoms with Gasteiger partial charge in [-0.25, -0.2) is 0 Å². The van der Waals surface area contributed by atoms with Gasteiger partial charge in [0.05, 0.1) is 0 Å². The lowest BCUT2D eigenvalue weighted by Crippen LogP contribution is -2.41. The first-order chi connectivity index (χ1) is 13.2. The number of nitrogens with one attached hydrogen (secondary N) is 3. The predicted molar refractivity (Wildman–Crippen MR) is 130 cm³/mol. The van der Waals surface area contributed by atoms with Crippen LogP contribution in [0.4, 0.5) is 0 Å². The number of aryl methyl sites for hydroxylation is 1. The maximum Gasteiger partial charge on any atom is 0.191 e. The normalized spacial score (nSPS) is 11.6. The summed E-state index contributed by atoms with van der Waals surface area (Å²) in [7, 11) is 3.89. The second-order valence-electron chi connectivity index (χ2n) is 6.80. The number of rotatable bonds is 12. The highest BCUT2D eigenvalue weighted by Crippen LogP contribution is 2.18. The number of hydrogen-bond donors (Lipinski definition) is 3. The summed E-state index contributed by atoms with van der Waals surface area (Å²) in [6.07, 6.45) is 5.26. The molecule has 0 saturated heterocycles. The first-order valence-corrected chi connectivity index (χ1v) is 9.99. The molecule has 0 amide bonds. The second kappa shape index (κ2) is 14.6. The standard InChI is InChI=1S/C21H35N5O.HI/c1-4-22-21(24-13-15-26(2)14-8-16-27-3)23-12-7-9-18-17-25-20-11-6-5-10-19(18)20;/h5-6,10-11,17,25H,4,7-9,12-16H2,1-3H3,(H2,22,23,24);1H. The van der Waals surface area contributed by atoms with Crippen LogP contribution < -0.4 is 10.6 Å². The fourth-order valence-corrected chi connectivity index (χ4v) is 3.10. The molecule has 2 aromatic rings. The van der Waals surface area contributed by atoms with E-state index in [4.69, 9.17) is 9.73 Å². The molecule has 0 radical (unpaired) electrons. The summed E-state index contributed by atoms with van der Waals surface area (Å²) in [5.74, 6) is 0.904. The fourth-order valence-electron chi connectivity index (χ4n) is 3.10. The summed E-state index contributed by atoms with van der Waals surface area (Å²) >= 11 is 0. The Morgan fingerprint density at radius 2 is 2.00 bits per heavy atom. The van der Waals surface area contributed by atoms with Gasteiger partial charge in [0.2, 0.25) is 0 Å². The van der Waals surface area contributed by atoms with Crippen molar-refractivity contribution in [3.63, 3.8) is 0 Å². The minimum Gasteiger partial charge on any atom is -0.385 e. The zero-order valence-corrected chi connectivity index (χ0v) is 19.8. The molecule has 0 aliphatic rings. The van der Waals surface area contributed by atoms with E-state index in [1.807, 2.05) is 0 Å². The lowest BCUT2D eigenvalue weighted by molar-refractivity contribution is 0.180. The summed E-state index contributed by atoms with van der Waals surface area (Å²) in [4.78, 5) is 10.4. The third-order valence-electron chi connectivity index (χ3n) is 4.57. The van der Waals surface area contributed by atoms with Gasteiger partial charge in [0, 0.05) is 63.5 Å². The summed E-state index contributed by atoms with van der Waals surface area (Å²) in [5.41, 5.74) is 2.58. The van der Waals surface area contributed by atoms with Crippen molar-refractivity contribution < 1.29 is 4.74 Å². The van der Waals surface area contributed by atoms with Gasteiger partial charge in [0.1, 0.15) is 0 Å². The van der Waals surface area contributed by atoms with E-state index in [1.54, 1.807) is 7.11 Å². The Morgan fingerprint density at radius 1 is 1.18 bits per heavy atom. The molecule has 1 heterocycles. The molecular formula is C21H36IN5O. The molecular weight excluding hydrogens is 465 g/mol. The lowest BCUT2D eigenvalue weighted by atomic mass is 10.1. The molecule has 0 atom stereocenters. The lowest BCUT2D eigenvalue weighted by Gasteiger charge is -2.18. The average Bonchev–Trinajstić information content (AvgIpc) is 3.08. The molecule has 0 unspecified atom stereocenters. The Bertz CT molecular complexity index is 688. The Hall–Kier alpha value is -1.32. The van der Waals surface area contributed by atoms with E-state index in [9.17, 15) is 0 Å². The highest BCUT2D eigenvalue weighted by molar-refractivity contribution is 14.0. The van der Waals surface area contributed by atoms with Crippen molar-refractivity contribution in [1.82, 2.24) is 20.5 Å². The van der Waals surface area contributed by atoms with E-state index in [2.05, 4.69) is 65.0 Å². The number of methoxy groups -OCH3 is 1. The van der Waals surface area contributed by atoms with E-state index in [-0.39, 0.29) is 24.0 Å². The molecule has 0 fully saturated rings. The smallest absolute Gasteiger partial charge is 0.191 e. The number of para-hydroxylation sites is 1. The molecule has 2 rings (SSSR count). The number of H-pyrrole nitrogens is 1. The van der Waals surface area contributed by atoms with Crippen molar-refractivity contribution in [3.05, 3.63) is 36.0 Å². The zero-order chi connectivity index (χ0) is 19.3. The van der Waals surface area contributed by atoms with Gasteiger partial charge in [-0.05, 0) is 44.9 Å². The maximum atomic E-state index is 5.10. The van der Waals surface area contributed by atoms with Crippen LogP contribution in [0.25, 0.3) is 10.9 Å². The number of fused-ring (bicyclic) bond motifs is 1. The summed E-state index contributed by atoms with van der Waals surface area (Å²) in [5, 5.41) is 8.07. The molecule has 0 aliphatic carbocycles. The van der Waals surface area contributed by atoms with E-state index < -0.39 is 0 Å². The summed E-state index contributed by atoms with van der Waals surface area (Å²) in [6, 6.07) is 8.46. The second-order valence-corrected chi connectivity index (χ2v) is 6.80. The molecule has 0 spiro atoms. The highest BCUT2D eigenvalue weighted by Gasteiger charge is 2.03. The number of guanidine groups is 1. The van der Waals surface area contributed by atoms with Crippen LogP contribution >= 0.6 is 24.0 Å². The van der Waals surface area contributed by atoms with E-state index in [0.717, 1.165) is 64.6 Å². The molecule has 1 aromatic heterocycles. The fraction of sp³-hybridized carbons (Fsp3) is 0.571. The highest BCUT2D eigenvalue weighted by atomic mass is 127. The minimum atomic E-state index is 0. The third kappa shape index (κ3) is 8.79. The van der Waals surface area contributed by atoms with Crippen LogP contribution in [0.15, 0.2) is 35.5 Å². The average molecular weight is 501 g/mol. The Kier molecular flexibility index (Phi) is 12.9. The first-order valence-electron chi connectivity index (χ1n) is 9.99. The van der Waals surface area contributed by atoms with Gasteiger partial charge in [-0.3, -0.25) is 4.99 Å². The Labute approximate surface area is 186 Å². The van der Waals surface area contributed by atoms with Gasteiger partial charge in [-0.2, -0.15) is 0 Å². The van der Waals surface area contributed by atoms with Crippen LogP contribution in [0.2, 0.25) is 0 Å². The molecule has 158 valence electrons. The monoisotopic (exact) mass is 501 g/mol. The van der Waals surface area contributed by atoms with Crippen molar-refractivity contribution in [1.29, 1.82) is 0 Å². The van der Waals surface area contributed by atoms with E-state index >= 15 is 0 Å². The van der Waals surface area contributed by atoms with Crippen molar-refractivity contribution in [3.8, 4) is 0 Å². The number of aromatic nitrogens is 1. The number of nitrogens with zero attached hydrogens (tertiary/aromatic N) is 2. The molecule has 0 saturated carbocycles. The van der Waals surface area contributed by atoms with E-state index in [0.29, 0.717) is 0 Å². The van der Waals surface area contributed by atoms with Crippen molar-refractivity contribution >= 4 is 40.8 Å². The van der Waals surface area contributed by atoms with Gasteiger partial charge in [-0.15, -0.1) is 24.0 Å². The number of hydrogen-bond acceptors (Lipinski definition) is 3. The first kappa shape index (κ1) is 24.7. The SMILES string of the molecule is CCNC(=NCCCc1c[nH]c2ccccc12)NCCN(C)CCCOC.I. The van der Waals surface area contributed by atoms with E-state index in [1.165, 1.54) is 16.5 Å². The molecule has 28 heavy (non-hydrogen) atoms. The Balaban J connectivity index is 0.00000392. The van der Waals surface area contributed by atoms with Crippen molar-refractivity contribution in [2.45, 2.75) is 26.2 Å². The number of likely N-dealkylation sites (N-methyl/N-ethyl adjacent to an activating group) is 1. The molecule has 0 aliphatic heterocycles. The maximum absolute atomic E-state index is 5.10. The van der Waals surface area contributed by atoms with Crippen molar-refractivity contribution in [2.75, 3.05) is 53.5 Å². The zero-order valence-electron chi connectivity index (χ0n) is 17.5. The number of aliphatic imine (C=N–C) groups is 1. The number of benzene rings is 1. The van der Waals surface area contributed by atoms with Gasteiger partial charge >= 0.3 is 0 Å². The van der Waals surface area contributed by atoms with Crippen LogP contribution in [0, 0.1) is 0 Å². The number of ether oxygens (including phenoxy) is 1. The quantitative estimate of drug-likeness (QED) is 0.181. The topological polar surface area (TPSA) is 64.7 Å². The predicted octanol–water partition coefficient (Wildman–Crippen LogP) is 3.24. The van der Waals surface area contributed by atoms with Crippen LogP contribution in [0.3, 0.4) is 0 Å². The number of aromatic amines is 1. The van der Waals surface area contributed by atoms with Gasteiger partial charge < -0.3 is 25.3 Å². The van der Waals surface area contributed by atoms with Crippen LogP contribution in [-0.2, 0) is 11.2 Å². The molecule has 0 bridgehead atoms. The van der Waals surface area contributed by atoms with Crippen LogP contribution in [0.1, 0.15) is 25.3 Å². The van der Waals surface area contributed by atoms with Gasteiger partial charge in [0.25, 0.3) is 0 Å². The largest absolute Gasteiger partial charge is 0.385 e.